The van der Waals surface area contributed by atoms with Crippen molar-refractivity contribution >= 4 is 23.1 Å². The largest absolute Gasteiger partial charge is 0.487 e. The number of para-hydroxylation sites is 1. The van der Waals surface area contributed by atoms with Gasteiger partial charge in [0.05, 0.1) is 11.2 Å². The lowest BCUT2D eigenvalue weighted by Crippen LogP contribution is -1.99. The molecule has 5 aromatic rings. The molecule has 0 radical (unpaired) electrons. The molecule has 2 heterocycles. The van der Waals surface area contributed by atoms with Crippen molar-refractivity contribution in [1.29, 1.82) is 0 Å². The van der Waals surface area contributed by atoms with Gasteiger partial charge in [-0.15, -0.1) is 5.10 Å². The SMILES string of the molecule is C(=Cc1nnn[nH]1)c1ccc(CCc2cccc(OCc3ccc4ccccc4n3)c2)cc1. The van der Waals surface area contributed by atoms with E-state index in [1.807, 2.05) is 48.6 Å². The van der Waals surface area contributed by atoms with Crippen LogP contribution in [0.1, 0.15) is 28.2 Å². The van der Waals surface area contributed by atoms with Gasteiger partial charge in [0.2, 0.25) is 0 Å². The van der Waals surface area contributed by atoms with E-state index in [1.54, 1.807) is 0 Å². The average Bonchev–Trinajstić information content (AvgIpc) is 3.40. The number of pyridine rings is 1. The lowest BCUT2D eigenvalue weighted by atomic mass is 10.0. The number of nitrogens with one attached hydrogen (secondary N) is 1. The predicted octanol–water partition coefficient (Wildman–Crippen LogP) is 5.28. The molecule has 0 aliphatic carbocycles. The fourth-order valence-electron chi connectivity index (χ4n) is 3.63. The van der Waals surface area contributed by atoms with Crippen LogP contribution in [0, 0.1) is 0 Å². The molecule has 0 atom stereocenters. The Kier molecular flexibility index (Phi) is 6.15. The number of nitrogens with zero attached hydrogens (tertiary/aromatic N) is 4. The van der Waals surface area contributed by atoms with Crippen LogP contribution in [0.4, 0.5) is 0 Å². The Hall–Kier alpha value is -4.32. The lowest BCUT2D eigenvalue weighted by molar-refractivity contribution is 0.301. The highest BCUT2D eigenvalue weighted by Gasteiger charge is 2.02. The Balaban J connectivity index is 1.16. The van der Waals surface area contributed by atoms with Crippen LogP contribution in [0.2, 0.25) is 0 Å². The molecule has 0 aliphatic heterocycles. The van der Waals surface area contributed by atoms with E-state index in [4.69, 9.17) is 4.74 Å². The van der Waals surface area contributed by atoms with Gasteiger partial charge in [0.15, 0.2) is 5.82 Å². The number of aromatic nitrogens is 5. The number of H-pyrrole nitrogens is 1. The van der Waals surface area contributed by atoms with Crippen molar-refractivity contribution < 1.29 is 4.74 Å². The summed E-state index contributed by atoms with van der Waals surface area (Å²) in [7, 11) is 0. The minimum absolute atomic E-state index is 0.452. The van der Waals surface area contributed by atoms with Crippen molar-refractivity contribution in [2.75, 3.05) is 0 Å². The molecule has 0 saturated heterocycles. The van der Waals surface area contributed by atoms with Gasteiger partial charge in [-0.25, -0.2) is 10.1 Å². The van der Waals surface area contributed by atoms with Crippen molar-refractivity contribution in [3.8, 4) is 5.75 Å². The smallest absolute Gasteiger partial charge is 0.172 e. The quantitative estimate of drug-likeness (QED) is 0.360. The summed E-state index contributed by atoms with van der Waals surface area (Å²) >= 11 is 0. The monoisotopic (exact) mass is 433 g/mol. The molecule has 0 fully saturated rings. The third kappa shape index (κ3) is 5.49. The van der Waals surface area contributed by atoms with E-state index < -0.39 is 0 Å². The zero-order valence-corrected chi connectivity index (χ0v) is 18.1. The van der Waals surface area contributed by atoms with Crippen molar-refractivity contribution in [3.05, 3.63) is 113 Å². The second-order valence-corrected chi connectivity index (χ2v) is 7.79. The number of fused-ring (bicyclic) bond motifs is 1. The van der Waals surface area contributed by atoms with Gasteiger partial charge in [-0.05, 0) is 70.3 Å². The Morgan fingerprint density at radius 1 is 0.788 bits per heavy atom. The molecular formula is C27H23N5O. The van der Waals surface area contributed by atoms with Crippen LogP contribution < -0.4 is 4.74 Å². The number of aryl methyl sites for hydroxylation is 2. The second kappa shape index (κ2) is 9.87. The fraction of sp³-hybridized carbons (Fsp3) is 0.111. The molecule has 6 nitrogen and oxygen atoms in total. The van der Waals surface area contributed by atoms with Crippen LogP contribution in [0.5, 0.6) is 5.75 Å². The van der Waals surface area contributed by atoms with Crippen LogP contribution in [-0.2, 0) is 19.4 Å². The highest BCUT2D eigenvalue weighted by atomic mass is 16.5. The van der Waals surface area contributed by atoms with E-state index in [1.165, 1.54) is 11.1 Å². The molecule has 0 unspecified atom stereocenters. The third-order valence-corrected chi connectivity index (χ3v) is 5.42. The van der Waals surface area contributed by atoms with E-state index in [0.717, 1.165) is 40.8 Å². The summed E-state index contributed by atoms with van der Waals surface area (Å²) in [5, 5.41) is 14.8. The van der Waals surface area contributed by atoms with Crippen LogP contribution in [0.3, 0.4) is 0 Å². The van der Waals surface area contributed by atoms with Crippen molar-refractivity contribution in [3.63, 3.8) is 0 Å². The van der Waals surface area contributed by atoms with Gasteiger partial charge in [-0.3, -0.25) is 0 Å². The van der Waals surface area contributed by atoms with Gasteiger partial charge in [-0.2, -0.15) is 0 Å². The Labute approximate surface area is 192 Å². The second-order valence-electron chi connectivity index (χ2n) is 7.79. The molecular weight excluding hydrogens is 410 g/mol. The van der Waals surface area contributed by atoms with Gasteiger partial charge in [0, 0.05) is 5.39 Å². The molecule has 5 rings (SSSR count). The zero-order chi connectivity index (χ0) is 22.3. The summed E-state index contributed by atoms with van der Waals surface area (Å²) < 4.78 is 6.02. The standard InChI is InChI=1S/C27H23N5O/c1-2-7-26-23(5-1)15-16-24(28-26)19-33-25-6-3-4-22(18-25)13-12-20-8-10-21(11-9-20)14-17-27-29-31-32-30-27/h1-11,14-18H,12-13,19H2,(H,29,30,31,32). The van der Waals surface area contributed by atoms with Crippen molar-refractivity contribution in [2.24, 2.45) is 0 Å². The summed E-state index contributed by atoms with van der Waals surface area (Å²) in [6.45, 7) is 0.452. The van der Waals surface area contributed by atoms with Crippen LogP contribution in [0.25, 0.3) is 23.1 Å². The van der Waals surface area contributed by atoms with Crippen LogP contribution in [-0.4, -0.2) is 25.6 Å². The zero-order valence-electron chi connectivity index (χ0n) is 18.1. The minimum Gasteiger partial charge on any atom is -0.487 e. The van der Waals surface area contributed by atoms with Gasteiger partial charge in [0.1, 0.15) is 12.4 Å². The van der Waals surface area contributed by atoms with E-state index in [2.05, 4.69) is 74.1 Å². The summed E-state index contributed by atoms with van der Waals surface area (Å²) in [4.78, 5) is 4.68. The number of aromatic amines is 1. The molecule has 3 aromatic carbocycles. The molecule has 0 amide bonds. The van der Waals surface area contributed by atoms with Crippen molar-refractivity contribution in [1.82, 2.24) is 25.6 Å². The predicted molar refractivity (Wildman–Crippen MR) is 129 cm³/mol. The summed E-state index contributed by atoms with van der Waals surface area (Å²) in [5.41, 5.74) is 5.56. The molecule has 162 valence electrons. The third-order valence-electron chi connectivity index (χ3n) is 5.42. The van der Waals surface area contributed by atoms with E-state index in [-0.39, 0.29) is 0 Å². The van der Waals surface area contributed by atoms with Crippen LogP contribution >= 0.6 is 0 Å². The summed E-state index contributed by atoms with van der Waals surface area (Å²) in [6.07, 6.45) is 5.75. The minimum atomic E-state index is 0.452. The molecule has 0 spiro atoms. The number of hydrogen-bond acceptors (Lipinski definition) is 5. The summed E-state index contributed by atoms with van der Waals surface area (Å²) in [6, 6.07) is 29.0. The number of tetrazole rings is 1. The van der Waals surface area contributed by atoms with Gasteiger partial charge >= 0.3 is 0 Å². The number of hydrogen-bond donors (Lipinski definition) is 1. The Bertz CT molecular complexity index is 1360. The van der Waals surface area contributed by atoms with Gasteiger partial charge in [-0.1, -0.05) is 66.7 Å². The fourth-order valence-corrected chi connectivity index (χ4v) is 3.63. The number of benzene rings is 3. The maximum absolute atomic E-state index is 6.02. The Morgan fingerprint density at radius 3 is 2.55 bits per heavy atom. The first-order valence-electron chi connectivity index (χ1n) is 10.9. The summed E-state index contributed by atoms with van der Waals surface area (Å²) in [5.74, 6) is 1.50. The maximum Gasteiger partial charge on any atom is 0.172 e. The lowest BCUT2D eigenvalue weighted by Gasteiger charge is -2.09. The molecule has 0 bridgehead atoms. The Morgan fingerprint density at radius 2 is 1.67 bits per heavy atom. The average molecular weight is 434 g/mol. The molecule has 2 aromatic heterocycles. The first-order valence-corrected chi connectivity index (χ1v) is 10.9. The molecule has 1 N–H and O–H groups in total. The first kappa shape index (κ1) is 20.6. The molecule has 6 heteroatoms. The number of ether oxygens (including phenoxy) is 1. The highest BCUT2D eigenvalue weighted by Crippen LogP contribution is 2.18. The van der Waals surface area contributed by atoms with Gasteiger partial charge in [0.25, 0.3) is 0 Å². The molecule has 33 heavy (non-hydrogen) atoms. The molecule has 0 saturated carbocycles. The highest BCUT2D eigenvalue weighted by molar-refractivity contribution is 5.78. The van der Waals surface area contributed by atoms with Crippen molar-refractivity contribution in [2.45, 2.75) is 19.4 Å². The first-order chi connectivity index (χ1) is 16.3. The molecule has 0 aliphatic rings. The van der Waals surface area contributed by atoms with E-state index in [0.29, 0.717) is 12.4 Å². The van der Waals surface area contributed by atoms with Gasteiger partial charge < -0.3 is 4.74 Å². The topological polar surface area (TPSA) is 76.6 Å². The van der Waals surface area contributed by atoms with E-state index in [9.17, 15) is 0 Å². The van der Waals surface area contributed by atoms with E-state index >= 15 is 0 Å². The number of rotatable bonds is 8. The maximum atomic E-state index is 6.02. The van der Waals surface area contributed by atoms with Crippen LogP contribution in [0.15, 0.2) is 84.9 Å². The normalized spacial score (nSPS) is 11.3.